The minimum Gasteiger partial charge on any atom is -0.489 e. The molecule has 0 saturated heterocycles. The quantitative estimate of drug-likeness (QED) is 0.694. The molecule has 1 nitrogen and oxygen atoms in total. The molecule has 1 heteroatoms. The summed E-state index contributed by atoms with van der Waals surface area (Å²) in [4.78, 5) is 0. The Labute approximate surface area is 117 Å². The zero-order chi connectivity index (χ0) is 13.6. The number of hydrogen-bond acceptors (Lipinski definition) is 1. The van der Waals surface area contributed by atoms with Gasteiger partial charge in [-0.15, -0.1) is 0 Å². The Hall–Kier alpha value is -0.980. The van der Waals surface area contributed by atoms with Gasteiger partial charge in [0.25, 0.3) is 0 Å². The summed E-state index contributed by atoms with van der Waals surface area (Å²) >= 11 is 0. The molecule has 1 saturated carbocycles. The van der Waals surface area contributed by atoms with Crippen LogP contribution >= 0.6 is 0 Å². The molecule has 1 fully saturated rings. The lowest BCUT2D eigenvalue weighted by Gasteiger charge is -2.25. The van der Waals surface area contributed by atoms with E-state index in [9.17, 15) is 0 Å². The predicted molar refractivity (Wildman–Crippen MR) is 80.2 cm³/mol. The SMILES string of the molecule is CC(C)c1ccc(C(C)C)c2c1OC1CCCCC21. The Morgan fingerprint density at radius 3 is 2.26 bits per heavy atom. The van der Waals surface area contributed by atoms with Crippen LogP contribution in [0.15, 0.2) is 12.1 Å². The third kappa shape index (κ3) is 2.07. The standard InChI is InChI=1S/C18H26O/c1-11(2)13-9-10-14(12(3)4)18-17(13)15-7-5-6-8-16(15)19-18/h9-12,15-16H,5-8H2,1-4H3. The van der Waals surface area contributed by atoms with E-state index in [0.717, 1.165) is 0 Å². The van der Waals surface area contributed by atoms with E-state index in [4.69, 9.17) is 4.74 Å². The largest absolute Gasteiger partial charge is 0.489 e. The lowest BCUT2D eigenvalue weighted by atomic mass is 9.78. The Morgan fingerprint density at radius 2 is 1.58 bits per heavy atom. The van der Waals surface area contributed by atoms with Gasteiger partial charge in [0.2, 0.25) is 0 Å². The first-order valence-corrected chi connectivity index (χ1v) is 7.93. The molecule has 1 aliphatic carbocycles. The summed E-state index contributed by atoms with van der Waals surface area (Å²) in [5.41, 5.74) is 4.49. The van der Waals surface area contributed by atoms with Crippen LogP contribution in [0.4, 0.5) is 0 Å². The lowest BCUT2D eigenvalue weighted by Crippen LogP contribution is -2.22. The van der Waals surface area contributed by atoms with E-state index in [1.165, 1.54) is 42.6 Å². The highest BCUT2D eigenvalue weighted by Crippen LogP contribution is 2.51. The van der Waals surface area contributed by atoms with Crippen LogP contribution in [-0.2, 0) is 0 Å². The third-order valence-corrected chi connectivity index (χ3v) is 4.85. The van der Waals surface area contributed by atoms with Crippen molar-refractivity contribution in [2.75, 3.05) is 0 Å². The van der Waals surface area contributed by atoms with Crippen LogP contribution in [-0.4, -0.2) is 6.10 Å². The summed E-state index contributed by atoms with van der Waals surface area (Å²) in [6.07, 6.45) is 5.73. The lowest BCUT2D eigenvalue weighted by molar-refractivity contribution is 0.162. The van der Waals surface area contributed by atoms with Crippen LogP contribution in [0.3, 0.4) is 0 Å². The highest BCUT2D eigenvalue weighted by molar-refractivity contribution is 5.54. The van der Waals surface area contributed by atoms with Crippen LogP contribution in [0.1, 0.15) is 87.8 Å². The van der Waals surface area contributed by atoms with E-state index in [-0.39, 0.29) is 0 Å². The molecule has 104 valence electrons. The summed E-state index contributed by atoms with van der Waals surface area (Å²) in [7, 11) is 0. The highest BCUT2D eigenvalue weighted by atomic mass is 16.5. The minimum atomic E-state index is 0.459. The first-order chi connectivity index (χ1) is 9.09. The zero-order valence-electron chi connectivity index (χ0n) is 12.7. The van der Waals surface area contributed by atoms with Crippen molar-refractivity contribution >= 4 is 0 Å². The van der Waals surface area contributed by atoms with Crippen LogP contribution in [0.2, 0.25) is 0 Å². The molecule has 0 spiro atoms. The predicted octanol–water partition coefficient (Wildman–Crippen LogP) is 5.35. The van der Waals surface area contributed by atoms with E-state index >= 15 is 0 Å². The molecule has 2 aliphatic rings. The van der Waals surface area contributed by atoms with Crippen molar-refractivity contribution in [2.24, 2.45) is 0 Å². The molecule has 3 rings (SSSR count). The van der Waals surface area contributed by atoms with Crippen LogP contribution in [0, 0.1) is 0 Å². The third-order valence-electron chi connectivity index (χ3n) is 4.85. The maximum atomic E-state index is 6.39. The maximum Gasteiger partial charge on any atom is 0.127 e. The topological polar surface area (TPSA) is 9.23 Å². The summed E-state index contributed by atoms with van der Waals surface area (Å²) in [5, 5.41) is 0. The number of ether oxygens (including phenoxy) is 1. The molecule has 0 amide bonds. The molecule has 2 atom stereocenters. The van der Waals surface area contributed by atoms with Crippen molar-refractivity contribution in [2.45, 2.75) is 77.2 Å². The fourth-order valence-corrected chi connectivity index (χ4v) is 3.82. The first kappa shape index (κ1) is 13.0. The van der Waals surface area contributed by atoms with Gasteiger partial charge in [-0.1, -0.05) is 46.2 Å². The Morgan fingerprint density at radius 1 is 0.947 bits per heavy atom. The van der Waals surface area contributed by atoms with E-state index in [0.29, 0.717) is 23.9 Å². The molecule has 2 unspecified atom stereocenters. The van der Waals surface area contributed by atoms with Crippen molar-refractivity contribution in [3.8, 4) is 5.75 Å². The first-order valence-electron chi connectivity index (χ1n) is 7.93. The van der Waals surface area contributed by atoms with Crippen molar-refractivity contribution in [1.29, 1.82) is 0 Å². The second-order valence-corrected chi connectivity index (χ2v) is 6.84. The molecule has 0 aromatic heterocycles. The van der Waals surface area contributed by atoms with Crippen molar-refractivity contribution in [3.05, 3.63) is 28.8 Å². The second-order valence-electron chi connectivity index (χ2n) is 6.84. The zero-order valence-corrected chi connectivity index (χ0v) is 12.7. The van der Waals surface area contributed by atoms with Gasteiger partial charge in [0.1, 0.15) is 11.9 Å². The molecule has 0 N–H and O–H groups in total. The minimum absolute atomic E-state index is 0.459. The van der Waals surface area contributed by atoms with E-state index in [1.807, 2.05) is 0 Å². The van der Waals surface area contributed by atoms with Crippen molar-refractivity contribution in [1.82, 2.24) is 0 Å². The van der Waals surface area contributed by atoms with Gasteiger partial charge >= 0.3 is 0 Å². The molecular formula is C18H26O. The summed E-state index contributed by atoms with van der Waals surface area (Å²) in [6.45, 7) is 9.16. The fraction of sp³-hybridized carbons (Fsp3) is 0.667. The number of fused-ring (bicyclic) bond motifs is 3. The van der Waals surface area contributed by atoms with Gasteiger partial charge in [-0.3, -0.25) is 0 Å². The maximum absolute atomic E-state index is 6.39. The van der Waals surface area contributed by atoms with Gasteiger partial charge in [-0.2, -0.15) is 0 Å². The van der Waals surface area contributed by atoms with Gasteiger partial charge in [0.15, 0.2) is 0 Å². The molecule has 19 heavy (non-hydrogen) atoms. The van der Waals surface area contributed by atoms with Gasteiger partial charge in [0, 0.05) is 11.5 Å². The molecule has 1 aliphatic heterocycles. The van der Waals surface area contributed by atoms with Crippen LogP contribution < -0.4 is 4.74 Å². The van der Waals surface area contributed by atoms with E-state index in [2.05, 4.69) is 39.8 Å². The van der Waals surface area contributed by atoms with Crippen LogP contribution in [0.5, 0.6) is 5.75 Å². The van der Waals surface area contributed by atoms with Gasteiger partial charge in [-0.05, 0) is 42.2 Å². The smallest absolute Gasteiger partial charge is 0.127 e. The van der Waals surface area contributed by atoms with Gasteiger partial charge in [0.05, 0.1) is 0 Å². The average Bonchev–Trinajstić information content (AvgIpc) is 2.76. The second kappa shape index (κ2) is 4.85. The summed E-state index contributed by atoms with van der Waals surface area (Å²) in [6, 6.07) is 4.66. The van der Waals surface area contributed by atoms with Crippen molar-refractivity contribution in [3.63, 3.8) is 0 Å². The molecule has 1 aromatic rings. The van der Waals surface area contributed by atoms with E-state index in [1.54, 1.807) is 5.56 Å². The number of benzene rings is 1. The van der Waals surface area contributed by atoms with Crippen LogP contribution in [0.25, 0.3) is 0 Å². The van der Waals surface area contributed by atoms with Gasteiger partial charge < -0.3 is 4.74 Å². The summed E-state index contributed by atoms with van der Waals surface area (Å²) in [5.74, 6) is 3.06. The fourth-order valence-electron chi connectivity index (χ4n) is 3.82. The summed E-state index contributed by atoms with van der Waals surface area (Å²) < 4.78 is 6.39. The monoisotopic (exact) mass is 258 g/mol. The molecule has 0 bridgehead atoms. The molecule has 1 aromatic carbocycles. The highest BCUT2D eigenvalue weighted by Gasteiger charge is 2.39. The van der Waals surface area contributed by atoms with Gasteiger partial charge in [-0.25, -0.2) is 0 Å². The number of hydrogen-bond donors (Lipinski definition) is 0. The van der Waals surface area contributed by atoms with Crippen molar-refractivity contribution < 1.29 is 4.74 Å². The normalized spacial score (nSPS) is 25.4. The Kier molecular flexibility index (Phi) is 3.32. The number of rotatable bonds is 2. The molecular weight excluding hydrogens is 232 g/mol. The van der Waals surface area contributed by atoms with E-state index < -0.39 is 0 Å². The Balaban J connectivity index is 2.13. The molecule has 0 radical (unpaired) electrons. The average molecular weight is 258 g/mol. The molecule has 1 heterocycles. The Bertz CT molecular complexity index is 473.